The van der Waals surface area contributed by atoms with Crippen LogP contribution in [-0.2, 0) is 4.79 Å². The number of aromatic nitrogens is 6. The molecule has 1 aliphatic heterocycles. The van der Waals surface area contributed by atoms with E-state index in [0.29, 0.717) is 35.4 Å². The molecule has 0 aliphatic carbocycles. The van der Waals surface area contributed by atoms with E-state index < -0.39 is 11.7 Å². The number of fused-ring (bicyclic) bond motifs is 1. The molecule has 4 aromatic heterocycles. The number of carbonyl (C=O) groups excluding carboxylic acids is 3. The summed E-state index contributed by atoms with van der Waals surface area (Å²) in [6, 6.07) is 0. The van der Waals surface area contributed by atoms with Gasteiger partial charge in [-0.3, -0.25) is 34.3 Å². The molecule has 11 heteroatoms. The Bertz CT molecular complexity index is 1380. The van der Waals surface area contributed by atoms with E-state index in [4.69, 9.17) is 0 Å². The van der Waals surface area contributed by atoms with Crippen LogP contribution in [0.4, 0.5) is 0 Å². The minimum atomic E-state index is -0.612. The summed E-state index contributed by atoms with van der Waals surface area (Å²) in [4.78, 5) is 65.7. The fraction of sp³-hybridized carbons (Fsp3) is 0.217. The number of H-pyrrole nitrogens is 1. The monoisotopic (exact) mass is 456 g/mol. The summed E-state index contributed by atoms with van der Waals surface area (Å²) in [6.07, 6.45) is 12.3. The summed E-state index contributed by atoms with van der Waals surface area (Å²) in [6.45, 7) is 2.96. The van der Waals surface area contributed by atoms with Gasteiger partial charge in [-0.05, 0) is 12.5 Å². The lowest BCUT2D eigenvalue weighted by atomic mass is 10.0. The van der Waals surface area contributed by atoms with Crippen molar-refractivity contribution in [3.05, 3.63) is 66.4 Å². The number of nitrogens with one attached hydrogen (secondary N) is 1. The standard InChI is InChI=1S/C23H20N8O3/c1-14-10-28-19(16-12-24-2-4-26-16)20-18(14)15(11-29-20)21(32)23(34)31-8-6-30(7-9-31)22(33)17-13-25-3-5-27-17/h2-5,10-13,29H,6-9H2,1H3. The van der Waals surface area contributed by atoms with Crippen molar-refractivity contribution in [1.82, 2.24) is 39.7 Å². The van der Waals surface area contributed by atoms with Gasteiger partial charge in [-0.1, -0.05) is 0 Å². The number of piperazine rings is 1. The predicted octanol–water partition coefficient (Wildman–Crippen LogP) is 1.29. The topological polar surface area (TPSA) is 138 Å². The van der Waals surface area contributed by atoms with E-state index in [1.54, 1.807) is 29.7 Å². The SMILES string of the molecule is Cc1cnc(-c2cnccn2)c2[nH]cc(C(=O)C(=O)N3CCN(C(=O)c4cnccn4)CC3)c12. The highest BCUT2D eigenvalue weighted by atomic mass is 16.2. The zero-order valence-corrected chi connectivity index (χ0v) is 18.3. The van der Waals surface area contributed by atoms with Crippen molar-refractivity contribution < 1.29 is 14.4 Å². The highest BCUT2D eigenvalue weighted by Crippen LogP contribution is 2.29. The maximum absolute atomic E-state index is 13.2. The zero-order chi connectivity index (χ0) is 23.7. The molecule has 0 saturated carbocycles. The van der Waals surface area contributed by atoms with Gasteiger partial charge in [-0.25, -0.2) is 4.98 Å². The van der Waals surface area contributed by atoms with Crippen molar-refractivity contribution in [2.75, 3.05) is 26.2 Å². The first-order chi connectivity index (χ1) is 16.5. The Morgan fingerprint density at radius 1 is 0.853 bits per heavy atom. The van der Waals surface area contributed by atoms with E-state index in [9.17, 15) is 14.4 Å². The van der Waals surface area contributed by atoms with Crippen LogP contribution in [0.2, 0.25) is 0 Å². The number of Topliss-reactive ketones (excluding diaryl/α,β-unsaturated/α-hetero) is 1. The maximum Gasteiger partial charge on any atom is 0.295 e. The smallest absolute Gasteiger partial charge is 0.295 e. The van der Waals surface area contributed by atoms with Gasteiger partial charge in [-0.2, -0.15) is 0 Å². The second kappa shape index (κ2) is 8.77. The largest absolute Gasteiger partial charge is 0.359 e. The van der Waals surface area contributed by atoms with E-state index in [-0.39, 0.29) is 30.3 Å². The Kier molecular flexibility index (Phi) is 5.50. The van der Waals surface area contributed by atoms with Gasteiger partial charge >= 0.3 is 0 Å². The summed E-state index contributed by atoms with van der Waals surface area (Å²) in [5, 5.41) is 0.630. The lowest BCUT2D eigenvalue weighted by Gasteiger charge is -2.34. The number of hydrogen-bond donors (Lipinski definition) is 1. The van der Waals surface area contributed by atoms with Crippen molar-refractivity contribution in [1.29, 1.82) is 0 Å². The number of ketones is 1. The van der Waals surface area contributed by atoms with E-state index in [1.807, 2.05) is 6.92 Å². The lowest BCUT2D eigenvalue weighted by molar-refractivity contribution is -0.127. The molecule has 1 aliphatic rings. The highest BCUT2D eigenvalue weighted by Gasteiger charge is 2.31. The van der Waals surface area contributed by atoms with Gasteiger partial charge in [0.2, 0.25) is 0 Å². The number of aromatic amines is 1. The fourth-order valence-corrected chi connectivity index (χ4v) is 4.05. The molecule has 34 heavy (non-hydrogen) atoms. The predicted molar refractivity (Wildman–Crippen MR) is 121 cm³/mol. The van der Waals surface area contributed by atoms with Gasteiger partial charge in [0.1, 0.15) is 17.1 Å². The number of amides is 2. The Hall–Kier alpha value is -4.54. The number of hydrogen-bond acceptors (Lipinski definition) is 8. The summed E-state index contributed by atoms with van der Waals surface area (Å²) in [5.41, 5.74) is 3.03. The minimum Gasteiger partial charge on any atom is -0.359 e. The summed E-state index contributed by atoms with van der Waals surface area (Å²) in [5.74, 6) is -1.47. The van der Waals surface area contributed by atoms with Crippen LogP contribution in [0.25, 0.3) is 22.3 Å². The van der Waals surface area contributed by atoms with Crippen molar-refractivity contribution in [3.8, 4) is 11.4 Å². The van der Waals surface area contributed by atoms with Gasteiger partial charge in [0.25, 0.3) is 17.6 Å². The van der Waals surface area contributed by atoms with Gasteiger partial charge in [0, 0.05) is 68.7 Å². The Morgan fingerprint density at radius 2 is 1.56 bits per heavy atom. The molecule has 5 rings (SSSR count). The third-order valence-corrected chi connectivity index (χ3v) is 5.78. The third-order valence-electron chi connectivity index (χ3n) is 5.78. The Morgan fingerprint density at radius 3 is 2.24 bits per heavy atom. The number of rotatable bonds is 4. The Balaban J connectivity index is 1.35. The van der Waals surface area contributed by atoms with E-state index in [0.717, 1.165) is 5.56 Å². The molecule has 0 bridgehead atoms. The van der Waals surface area contributed by atoms with Crippen LogP contribution in [-0.4, -0.2) is 83.5 Å². The van der Waals surface area contributed by atoms with Crippen LogP contribution in [0.3, 0.4) is 0 Å². The summed E-state index contributed by atoms with van der Waals surface area (Å²) >= 11 is 0. The first-order valence-electron chi connectivity index (χ1n) is 10.7. The second-order valence-electron chi connectivity index (χ2n) is 7.84. The third kappa shape index (κ3) is 3.76. The van der Waals surface area contributed by atoms with E-state index in [1.165, 1.54) is 29.7 Å². The summed E-state index contributed by atoms with van der Waals surface area (Å²) < 4.78 is 0. The average Bonchev–Trinajstić information content (AvgIpc) is 3.35. The molecule has 0 radical (unpaired) electrons. The first-order valence-corrected chi connectivity index (χ1v) is 10.7. The Labute approximate surface area is 193 Å². The molecule has 170 valence electrons. The lowest BCUT2D eigenvalue weighted by Crippen LogP contribution is -2.52. The number of carbonyl (C=O) groups is 3. The molecule has 1 saturated heterocycles. The first kappa shape index (κ1) is 21.3. The number of pyridine rings is 1. The van der Waals surface area contributed by atoms with Crippen molar-refractivity contribution >= 4 is 28.5 Å². The summed E-state index contributed by atoms with van der Waals surface area (Å²) in [7, 11) is 0. The zero-order valence-electron chi connectivity index (χ0n) is 18.3. The fourth-order valence-electron chi connectivity index (χ4n) is 4.05. The van der Waals surface area contributed by atoms with Crippen LogP contribution in [0.5, 0.6) is 0 Å². The molecular formula is C23H20N8O3. The van der Waals surface area contributed by atoms with Gasteiger partial charge in [0.05, 0.1) is 23.5 Å². The second-order valence-corrected chi connectivity index (χ2v) is 7.84. The van der Waals surface area contributed by atoms with E-state index >= 15 is 0 Å². The van der Waals surface area contributed by atoms with Crippen LogP contribution < -0.4 is 0 Å². The molecule has 1 fully saturated rings. The van der Waals surface area contributed by atoms with Crippen molar-refractivity contribution in [3.63, 3.8) is 0 Å². The average molecular weight is 456 g/mol. The number of nitrogens with zero attached hydrogens (tertiary/aromatic N) is 7. The van der Waals surface area contributed by atoms with Crippen LogP contribution in [0.1, 0.15) is 26.4 Å². The molecule has 4 aromatic rings. The highest BCUT2D eigenvalue weighted by molar-refractivity contribution is 6.45. The van der Waals surface area contributed by atoms with E-state index in [2.05, 4.69) is 29.9 Å². The van der Waals surface area contributed by atoms with Crippen molar-refractivity contribution in [2.24, 2.45) is 0 Å². The minimum absolute atomic E-state index is 0.247. The van der Waals surface area contributed by atoms with Crippen LogP contribution >= 0.6 is 0 Å². The van der Waals surface area contributed by atoms with Gasteiger partial charge in [0.15, 0.2) is 0 Å². The maximum atomic E-state index is 13.2. The quantitative estimate of drug-likeness (QED) is 0.358. The van der Waals surface area contributed by atoms with Crippen molar-refractivity contribution in [2.45, 2.75) is 6.92 Å². The molecule has 11 nitrogen and oxygen atoms in total. The molecular weight excluding hydrogens is 436 g/mol. The van der Waals surface area contributed by atoms with Crippen LogP contribution in [0, 0.1) is 6.92 Å². The number of aryl methyl sites for hydroxylation is 1. The molecule has 0 atom stereocenters. The molecule has 0 spiro atoms. The van der Waals surface area contributed by atoms with Gasteiger partial charge < -0.3 is 14.8 Å². The molecule has 0 unspecified atom stereocenters. The molecule has 2 amide bonds. The normalized spacial score (nSPS) is 13.8. The van der Waals surface area contributed by atoms with Crippen LogP contribution in [0.15, 0.2) is 49.6 Å². The molecule has 1 N–H and O–H groups in total. The molecule has 5 heterocycles. The van der Waals surface area contributed by atoms with Gasteiger partial charge in [-0.15, -0.1) is 0 Å². The molecule has 0 aromatic carbocycles.